The maximum atomic E-state index is 12.1. The summed E-state index contributed by atoms with van der Waals surface area (Å²) in [6, 6.07) is 1.11. The number of carbonyl (C=O) groups is 1. The molecule has 0 saturated heterocycles. The van der Waals surface area contributed by atoms with Crippen LogP contribution in [0.2, 0.25) is 0 Å². The third-order valence-corrected chi connectivity index (χ3v) is 5.28. The van der Waals surface area contributed by atoms with Crippen LogP contribution < -0.4 is 0 Å². The number of hydrogen-bond acceptors (Lipinski definition) is 5. The topological polar surface area (TPSA) is 76.8 Å². The van der Waals surface area contributed by atoms with E-state index < -0.39 is 15.0 Å². The second-order valence-corrected chi connectivity index (χ2v) is 8.19. The van der Waals surface area contributed by atoms with Gasteiger partial charge in [-0.25, -0.2) is 8.42 Å². The molecule has 0 aromatic carbocycles. The number of rotatable bonds is 7. The van der Waals surface area contributed by atoms with E-state index in [0.717, 1.165) is 12.7 Å². The highest BCUT2D eigenvalue weighted by atomic mass is 79.9. The van der Waals surface area contributed by atoms with Crippen LogP contribution in [0.25, 0.3) is 0 Å². The van der Waals surface area contributed by atoms with Crippen molar-refractivity contribution in [1.29, 1.82) is 0 Å². The van der Waals surface area contributed by atoms with E-state index in [1.54, 1.807) is 7.05 Å². The van der Waals surface area contributed by atoms with E-state index in [0.29, 0.717) is 19.1 Å². The van der Waals surface area contributed by atoms with Crippen molar-refractivity contribution in [3.8, 4) is 0 Å². The Hall–Kier alpha value is -0.570. The Kier molecular flexibility index (Phi) is 5.34. The highest BCUT2D eigenvalue weighted by molar-refractivity contribution is 9.10. The van der Waals surface area contributed by atoms with Gasteiger partial charge in [-0.1, -0.05) is 0 Å². The molecule has 2 rings (SSSR count). The zero-order chi connectivity index (χ0) is 15.6. The van der Waals surface area contributed by atoms with Crippen LogP contribution in [0.1, 0.15) is 23.4 Å². The Balaban J connectivity index is 1.92. The number of likely N-dealkylation sites (N-methyl/N-ethyl adjacent to an activating group) is 1. The lowest BCUT2D eigenvalue weighted by Crippen LogP contribution is -2.30. The molecular formula is C12H15BrClNO5S. The van der Waals surface area contributed by atoms with E-state index in [4.69, 9.17) is 19.8 Å². The molecule has 1 saturated carbocycles. The molecular weight excluding hydrogens is 386 g/mol. The van der Waals surface area contributed by atoms with Crippen LogP contribution in [0.4, 0.5) is 0 Å². The Morgan fingerprint density at radius 1 is 1.57 bits per heavy atom. The highest BCUT2D eigenvalue weighted by Gasteiger charge is 2.25. The lowest BCUT2D eigenvalue weighted by molar-refractivity contribution is 0.0653. The van der Waals surface area contributed by atoms with Crippen molar-refractivity contribution >= 4 is 41.6 Å². The minimum absolute atomic E-state index is 0.0840. The maximum absolute atomic E-state index is 12.1. The molecule has 21 heavy (non-hydrogen) atoms. The van der Waals surface area contributed by atoms with Crippen molar-refractivity contribution in [3.63, 3.8) is 0 Å². The molecule has 1 heterocycles. The third-order valence-electron chi connectivity index (χ3n) is 3.10. The Bertz CT molecular complexity index is 626. The SMILES string of the molecule is CN(CCOCC1CC1)C(=O)c1cc(S(=O)(=O)Cl)c(Br)o1. The van der Waals surface area contributed by atoms with Crippen LogP contribution in [0.3, 0.4) is 0 Å². The molecule has 0 radical (unpaired) electrons. The summed E-state index contributed by atoms with van der Waals surface area (Å²) < 4.78 is 33.0. The smallest absolute Gasteiger partial charge is 0.289 e. The largest absolute Gasteiger partial charge is 0.443 e. The van der Waals surface area contributed by atoms with Crippen LogP contribution in [-0.2, 0) is 13.8 Å². The van der Waals surface area contributed by atoms with Gasteiger partial charge in [0.2, 0.25) is 0 Å². The Morgan fingerprint density at radius 3 is 2.76 bits per heavy atom. The number of halogens is 2. The zero-order valence-corrected chi connectivity index (χ0v) is 14.5. The molecule has 118 valence electrons. The van der Waals surface area contributed by atoms with Crippen LogP contribution in [0.5, 0.6) is 0 Å². The summed E-state index contributed by atoms with van der Waals surface area (Å²) in [6.07, 6.45) is 2.43. The van der Waals surface area contributed by atoms with Crippen molar-refractivity contribution in [1.82, 2.24) is 4.90 Å². The second-order valence-electron chi connectivity index (χ2n) is 4.93. The quantitative estimate of drug-likeness (QED) is 0.519. The summed E-state index contributed by atoms with van der Waals surface area (Å²) in [6.45, 7) is 1.55. The van der Waals surface area contributed by atoms with Gasteiger partial charge in [-0.05, 0) is 34.7 Å². The summed E-state index contributed by atoms with van der Waals surface area (Å²) in [5, 5.41) is 0. The van der Waals surface area contributed by atoms with E-state index in [1.807, 2.05) is 0 Å². The van der Waals surface area contributed by atoms with Gasteiger partial charge in [-0.2, -0.15) is 0 Å². The first-order valence-electron chi connectivity index (χ1n) is 6.36. The third kappa shape index (κ3) is 4.70. The average molecular weight is 401 g/mol. The fraction of sp³-hybridized carbons (Fsp3) is 0.583. The number of hydrogen-bond donors (Lipinski definition) is 0. The van der Waals surface area contributed by atoms with Gasteiger partial charge in [0.05, 0.1) is 6.61 Å². The summed E-state index contributed by atoms with van der Waals surface area (Å²) in [5.74, 6) is 0.145. The molecule has 1 aromatic heterocycles. The maximum Gasteiger partial charge on any atom is 0.289 e. The normalized spacial score (nSPS) is 15.2. The zero-order valence-electron chi connectivity index (χ0n) is 11.3. The van der Waals surface area contributed by atoms with Gasteiger partial charge in [0.1, 0.15) is 4.90 Å². The Morgan fingerprint density at radius 2 is 2.24 bits per heavy atom. The van der Waals surface area contributed by atoms with E-state index in [-0.39, 0.29) is 15.3 Å². The summed E-state index contributed by atoms with van der Waals surface area (Å²) in [7, 11) is 2.87. The molecule has 0 aliphatic heterocycles. The van der Waals surface area contributed by atoms with Gasteiger partial charge in [0.25, 0.3) is 15.0 Å². The lowest BCUT2D eigenvalue weighted by atomic mass is 10.4. The summed E-state index contributed by atoms with van der Waals surface area (Å²) in [5.41, 5.74) is 0. The highest BCUT2D eigenvalue weighted by Crippen LogP contribution is 2.29. The van der Waals surface area contributed by atoms with Gasteiger partial charge >= 0.3 is 0 Å². The van der Waals surface area contributed by atoms with Crippen LogP contribution >= 0.6 is 26.6 Å². The van der Waals surface area contributed by atoms with Gasteiger partial charge in [-0.3, -0.25) is 4.79 Å². The molecule has 0 spiro atoms. The van der Waals surface area contributed by atoms with E-state index in [1.165, 1.54) is 17.7 Å². The van der Waals surface area contributed by atoms with Crippen LogP contribution in [0.15, 0.2) is 20.0 Å². The Labute approximate surface area is 135 Å². The number of furan rings is 1. The molecule has 0 N–H and O–H groups in total. The fourth-order valence-electron chi connectivity index (χ4n) is 1.65. The molecule has 1 fully saturated rings. The lowest BCUT2D eigenvalue weighted by Gasteiger charge is -2.15. The van der Waals surface area contributed by atoms with Gasteiger partial charge in [0.15, 0.2) is 10.4 Å². The molecule has 1 amide bonds. The number of ether oxygens (including phenoxy) is 1. The minimum Gasteiger partial charge on any atom is -0.443 e. The monoisotopic (exact) mass is 399 g/mol. The second kappa shape index (κ2) is 6.68. The summed E-state index contributed by atoms with van der Waals surface area (Å²) >= 11 is 2.93. The van der Waals surface area contributed by atoms with Gasteiger partial charge in [-0.15, -0.1) is 0 Å². The number of nitrogens with zero attached hydrogens (tertiary/aromatic N) is 1. The molecule has 1 aliphatic rings. The fourth-order valence-corrected chi connectivity index (χ4v) is 3.68. The minimum atomic E-state index is -3.96. The first kappa shape index (κ1) is 16.8. The average Bonchev–Trinajstić information content (AvgIpc) is 3.13. The molecule has 1 aliphatic carbocycles. The molecule has 0 atom stereocenters. The van der Waals surface area contributed by atoms with Crippen molar-refractivity contribution in [2.75, 3.05) is 26.8 Å². The predicted octanol–water partition coefficient (Wildman–Crippen LogP) is 2.47. The van der Waals surface area contributed by atoms with Gasteiger partial charge < -0.3 is 14.1 Å². The van der Waals surface area contributed by atoms with Crippen molar-refractivity contribution in [2.45, 2.75) is 17.7 Å². The van der Waals surface area contributed by atoms with E-state index in [9.17, 15) is 13.2 Å². The first-order valence-corrected chi connectivity index (χ1v) is 9.46. The number of amides is 1. The van der Waals surface area contributed by atoms with Gasteiger partial charge in [0, 0.05) is 36.9 Å². The van der Waals surface area contributed by atoms with E-state index >= 15 is 0 Å². The molecule has 1 aromatic rings. The van der Waals surface area contributed by atoms with Crippen LogP contribution in [-0.4, -0.2) is 46.0 Å². The van der Waals surface area contributed by atoms with E-state index in [2.05, 4.69) is 15.9 Å². The molecule has 6 nitrogen and oxygen atoms in total. The molecule has 0 bridgehead atoms. The van der Waals surface area contributed by atoms with Crippen molar-refractivity contribution < 1.29 is 22.4 Å². The molecule has 9 heteroatoms. The molecule has 0 unspecified atom stereocenters. The standard InChI is InChI=1S/C12H15BrClNO5S/c1-15(4-5-19-7-8-2-3-8)12(16)9-6-10(11(13)20-9)21(14,17)18/h6,8H,2-5,7H2,1H3. The predicted molar refractivity (Wildman–Crippen MR) is 80.0 cm³/mol. The number of carbonyl (C=O) groups excluding carboxylic acids is 1. The summed E-state index contributed by atoms with van der Waals surface area (Å²) in [4.78, 5) is 13.2. The van der Waals surface area contributed by atoms with Crippen LogP contribution in [0, 0.1) is 5.92 Å². The van der Waals surface area contributed by atoms with Crippen molar-refractivity contribution in [2.24, 2.45) is 5.92 Å². The van der Waals surface area contributed by atoms with Crippen molar-refractivity contribution in [3.05, 3.63) is 16.5 Å². The first-order chi connectivity index (χ1) is 9.79.